The number of hydrogen-bond acceptors (Lipinski definition) is 5. The molecule has 8 nitrogen and oxygen atoms in total. The standard InChI is InChI=1S/C22H40N4O4/c1-6-24(7-2)19(27)17-23-11-8-12-25(16-15-23)20(28)18-9-13-26(14-10-18)21(29)30-22(3,4)5/h18H,6-17H2,1-5H3. The molecular weight excluding hydrogens is 384 g/mol. The minimum atomic E-state index is -0.506. The number of carbonyl (C=O) groups is 3. The number of nitrogens with zero attached hydrogens (tertiary/aromatic N) is 4. The molecule has 0 radical (unpaired) electrons. The Morgan fingerprint density at radius 1 is 0.900 bits per heavy atom. The Hall–Kier alpha value is -1.83. The van der Waals surface area contributed by atoms with Crippen molar-refractivity contribution < 1.29 is 19.1 Å². The molecule has 0 unspecified atom stereocenters. The Bertz CT molecular complexity index is 592. The number of piperidine rings is 1. The van der Waals surface area contributed by atoms with Gasteiger partial charge in [0.15, 0.2) is 0 Å². The summed E-state index contributed by atoms with van der Waals surface area (Å²) in [5.41, 5.74) is -0.506. The van der Waals surface area contributed by atoms with Gasteiger partial charge in [-0.2, -0.15) is 0 Å². The molecule has 0 aromatic carbocycles. The average molecular weight is 425 g/mol. The van der Waals surface area contributed by atoms with Gasteiger partial charge in [0.1, 0.15) is 5.60 Å². The molecule has 30 heavy (non-hydrogen) atoms. The van der Waals surface area contributed by atoms with Gasteiger partial charge in [-0.1, -0.05) is 0 Å². The van der Waals surface area contributed by atoms with Gasteiger partial charge in [-0.15, -0.1) is 0 Å². The molecule has 2 aliphatic rings. The van der Waals surface area contributed by atoms with E-state index in [9.17, 15) is 14.4 Å². The maximum atomic E-state index is 13.0. The Kier molecular flexibility index (Phi) is 8.94. The van der Waals surface area contributed by atoms with Crippen molar-refractivity contribution in [3.8, 4) is 0 Å². The molecule has 0 aromatic rings. The van der Waals surface area contributed by atoms with Gasteiger partial charge in [0.2, 0.25) is 11.8 Å². The molecule has 2 heterocycles. The van der Waals surface area contributed by atoms with Crippen molar-refractivity contribution in [2.75, 3.05) is 58.9 Å². The van der Waals surface area contributed by atoms with E-state index in [-0.39, 0.29) is 23.8 Å². The third-order valence-electron chi connectivity index (χ3n) is 5.87. The van der Waals surface area contributed by atoms with Gasteiger partial charge in [-0.05, 0) is 53.9 Å². The SMILES string of the molecule is CCN(CC)C(=O)CN1CCCN(C(=O)C2CCN(C(=O)OC(C)(C)C)CC2)CC1. The maximum Gasteiger partial charge on any atom is 0.410 e. The Labute approximate surface area is 181 Å². The first-order chi connectivity index (χ1) is 14.1. The highest BCUT2D eigenvalue weighted by Gasteiger charge is 2.32. The molecule has 0 spiro atoms. The zero-order valence-corrected chi connectivity index (χ0v) is 19.5. The second-order valence-electron chi connectivity index (χ2n) is 9.26. The van der Waals surface area contributed by atoms with Crippen molar-refractivity contribution in [2.24, 2.45) is 5.92 Å². The predicted octanol–water partition coefficient (Wildman–Crippen LogP) is 2.04. The third-order valence-corrected chi connectivity index (χ3v) is 5.87. The number of hydrogen-bond donors (Lipinski definition) is 0. The van der Waals surface area contributed by atoms with Crippen molar-refractivity contribution in [2.45, 2.75) is 59.5 Å². The lowest BCUT2D eigenvalue weighted by Gasteiger charge is -2.35. The fourth-order valence-electron chi connectivity index (χ4n) is 4.11. The van der Waals surface area contributed by atoms with Gasteiger partial charge in [-0.3, -0.25) is 14.5 Å². The number of amides is 3. The molecule has 3 amide bonds. The molecule has 0 aliphatic carbocycles. The molecule has 2 fully saturated rings. The molecule has 2 aliphatic heterocycles. The maximum absolute atomic E-state index is 13.0. The van der Waals surface area contributed by atoms with E-state index in [1.54, 1.807) is 4.90 Å². The highest BCUT2D eigenvalue weighted by atomic mass is 16.6. The van der Waals surface area contributed by atoms with E-state index in [1.807, 2.05) is 44.4 Å². The van der Waals surface area contributed by atoms with Crippen LogP contribution in [0.4, 0.5) is 4.79 Å². The number of rotatable bonds is 5. The van der Waals surface area contributed by atoms with Crippen LogP contribution in [0, 0.1) is 5.92 Å². The number of carbonyl (C=O) groups excluding carboxylic acids is 3. The van der Waals surface area contributed by atoms with Crippen molar-refractivity contribution in [3.63, 3.8) is 0 Å². The van der Waals surface area contributed by atoms with Crippen LogP contribution >= 0.6 is 0 Å². The highest BCUT2D eigenvalue weighted by Crippen LogP contribution is 2.22. The van der Waals surface area contributed by atoms with Gasteiger partial charge in [0.05, 0.1) is 6.54 Å². The fraction of sp³-hybridized carbons (Fsp3) is 0.864. The number of ether oxygens (including phenoxy) is 1. The smallest absolute Gasteiger partial charge is 0.410 e. The predicted molar refractivity (Wildman–Crippen MR) is 116 cm³/mol. The summed E-state index contributed by atoms with van der Waals surface area (Å²) in [5, 5.41) is 0. The Balaban J connectivity index is 1.80. The van der Waals surface area contributed by atoms with Crippen LogP contribution in [0.3, 0.4) is 0 Å². The quantitative estimate of drug-likeness (QED) is 0.675. The molecule has 0 bridgehead atoms. The lowest BCUT2D eigenvalue weighted by atomic mass is 9.95. The van der Waals surface area contributed by atoms with Crippen molar-refractivity contribution in [3.05, 3.63) is 0 Å². The van der Waals surface area contributed by atoms with E-state index in [1.165, 1.54) is 0 Å². The van der Waals surface area contributed by atoms with E-state index in [2.05, 4.69) is 4.90 Å². The van der Waals surface area contributed by atoms with Crippen LogP contribution in [0.2, 0.25) is 0 Å². The Morgan fingerprint density at radius 2 is 1.53 bits per heavy atom. The van der Waals surface area contributed by atoms with E-state index < -0.39 is 5.60 Å². The van der Waals surface area contributed by atoms with Crippen molar-refractivity contribution >= 4 is 17.9 Å². The number of likely N-dealkylation sites (tertiary alicyclic amines) is 1. The van der Waals surface area contributed by atoms with E-state index in [0.29, 0.717) is 39.0 Å². The lowest BCUT2D eigenvalue weighted by molar-refractivity contribution is -0.137. The molecular formula is C22H40N4O4. The lowest BCUT2D eigenvalue weighted by Crippen LogP contribution is -2.46. The molecule has 0 N–H and O–H groups in total. The van der Waals surface area contributed by atoms with E-state index in [4.69, 9.17) is 4.74 Å². The second-order valence-corrected chi connectivity index (χ2v) is 9.26. The topological polar surface area (TPSA) is 73.4 Å². The minimum Gasteiger partial charge on any atom is -0.444 e. The van der Waals surface area contributed by atoms with Gasteiger partial charge in [0.25, 0.3) is 0 Å². The summed E-state index contributed by atoms with van der Waals surface area (Å²) >= 11 is 0. The van der Waals surface area contributed by atoms with Crippen molar-refractivity contribution in [1.82, 2.24) is 19.6 Å². The third kappa shape index (κ3) is 7.15. The molecule has 2 rings (SSSR count). The van der Waals surface area contributed by atoms with E-state index >= 15 is 0 Å². The fourth-order valence-corrected chi connectivity index (χ4v) is 4.11. The molecule has 8 heteroatoms. The summed E-state index contributed by atoms with van der Waals surface area (Å²) in [5.74, 6) is 0.317. The first-order valence-corrected chi connectivity index (χ1v) is 11.4. The first kappa shape index (κ1) is 24.4. The van der Waals surface area contributed by atoms with Crippen LogP contribution in [0.15, 0.2) is 0 Å². The molecule has 0 saturated carbocycles. The molecule has 2 saturated heterocycles. The summed E-state index contributed by atoms with van der Waals surface area (Å²) in [7, 11) is 0. The van der Waals surface area contributed by atoms with Crippen LogP contribution in [-0.2, 0) is 14.3 Å². The minimum absolute atomic E-state index is 0.0347. The first-order valence-electron chi connectivity index (χ1n) is 11.4. The highest BCUT2D eigenvalue weighted by molar-refractivity contribution is 5.80. The summed E-state index contributed by atoms with van der Waals surface area (Å²) in [6, 6.07) is 0. The molecule has 0 atom stereocenters. The zero-order valence-electron chi connectivity index (χ0n) is 19.5. The van der Waals surface area contributed by atoms with Gasteiger partial charge >= 0.3 is 6.09 Å². The van der Waals surface area contributed by atoms with Crippen LogP contribution in [0.25, 0.3) is 0 Å². The van der Waals surface area contributed by atoms with Crippen LogP contribution in [0.1, 0.15) is 53.9 Å². The van der Waals surface area contributed by atoms with Crippen LogP contribution in [0.5, 0.6) is 0 Å². The van der Waals surface area contributed by atoms with Gasteiger partial charge in [0, 0.05) is 58.3 Å². The normalized spacial score (nSPS) is 19.4. The van der Waals surface area contributed by atoms with Crippen LogP contribution in [-0.4, -0.2) is 102 Å². The van der Waals surface area contributed by atoms with Gasteiger partial charge < -0.3 is 19.4 Å². The molecule has 0 aromatic heterocycles. The van der Waals surface area contributed by atoms with E-state index in [0.717, 1.165) is 39.1 Å². The zero-order chi connectivity index (χ0) is 22.3. The summed E-state index contributed by atoms with van der Waals surface area (Å²) < 4.78 is 5.44. The summed E-state index contributed by atoms with van der Waals surface area (Å²) in [6.07, 6.45) is 1.95. The van der Waals surface area contributed by atoms with Crippen LogP contribution < -0.4 is 0 Å². The number of likely N-dealkylation sites (N-methyl/N-ethyl adjacent to an activating group) is 1. The Morgan fingerprint density at radius 3 is 2.10 bits per heavy atom. The second kappa shape index (κ2) is 11.0. The molecule has 172 valence electrons. The monoisotopic (exact) mass is 424 g/mol. The average Bonchev–Trinajstić information content (AvgIpc) is 2.93. The van der Waals surface area contributed by atoms with Gasteiger partial charge in [-0.25, -0.2) is 4.79 Å². The summed E-state index contributed by atoms with van der Waals surface area (Å²) in [4.78, 5) is 45.3. The largest absolute Gasteiger partial charge is 0.444 e. The van der Waals surface area contributed by atoms with Crippen molar-refractivity contribution in [1.29, 1.82) is 0 Å². The summed E-state index contributed by atoms with van der Waals surface area (Å²) in [6.45, 7) is 15.6.